The summed E-state index contributed by atoms with van der Waals surface area (Å²) in [5, 5.41) is 14.6. The number of rotatable bonds is 4. The predicted molar refractivity (Wildman–Crippen MR) is 73.7 cm³/mol. The number of carbonyl (C=O) groups is 1. The van der Waals surface area contributed by atoms with E-state index in [1.54, 1.807) is 6.20 Å². The number of carbonyl (C=O) groups excluding carboxylic acids is 1. The minimum Gasteiger partial charge on any atom is -0.462 e. The third-order valence-electron chi connectivity index (χ3n) is 4.30. The van der Waals surface area contributed by atoms with Crippen LogP contribution in [0.3, 0.4) is 0 Å². The molecule has 5 nitrogen and oxygen atoms in total. The lowest BCUT2D eigenvalue weighted by Gasteiger charge is -2.29. The molecule has 1 N–H and O–H groups in total. The summed E-state index contributed by atoms with van der Waals surface area (Å²) in [6.45, 7) is 2.18. The maximum Gasteiger partial charge on any atom is 0.341 e. The average Bonchev–Trinajstić information content (AvgIpc) is 3.18. The van der Waals surface area contributed by atoms with Crippen LogP contribution < -0.4 is 0 Å². The predicted octanol–water partition coefficient (Wildman–Crippen LogP) is 2.41. The highest BCUT2D eigenvalue weighted by Gasteiger charge is 2.36. The van der Waals surface area contributed by atoms with E-state index >= 15 is 0 Å². The van der Waals surface area contributed by atoms with Crippen LogP contribution in [-0.2, 0) is 4.74 Å². The molecule has 2 aliphatic carbocycles. The van der Waals surface area contributed by atoms with E-state index in [-0.39, 0.29) is 18.1 Å². The molecule has 1 heterocycles. The quantitative estimate of drug-likeness (QED) is 0.859. The summed E-state index contributed by atoms with van der Waals surface area (Å²) in [5.74, 6) is 0.122. The van der Waals surface area contributed by atoms with Crippen molar-refractivity contribution in [3.8, 4) is 0 Å². The normalized spacial score (nSPS) is 26.5. The molecule has 20 heavy (non-hydrogen) atoms. The Balaban J connectivity index is 1.92. The minimum absolute atomic E-state index is 0.0162. The van der Waals surface area contributed by atoms with Crippen LogP contribution in [0.5, 0.6) is 0 Å². The van der Waals surface area contributed by atoms with Gasteiger partial charge in [-0.05, 0) is 32.6 Å². The largest absolute Gasteiger partial charge is 0.462 e. The molecule has 3 rings (SSSR count). The van der Waals surface area contributed by atoms with Gasteiger partial charge in [0.25, 0.3) is 0 Å². The molecule has 1 aromatic heterocycles. The topological polar surface area (TPSA) is 64.3 Å². The average molecular weight is 278 g/mol. The maximum absolute atomic E-state index is 12.0. The zero-order valence-corrected chi connectivity index (χ0v) is 11.9. The van der Waals surface area contributed by atoms with Gasteiger partial charge in [0.05, 0.1) is 30.6 Å². The first-order chi connectivity index (χ1) is 9.72. The van der Waals surface area contributed by atoms with Crippen molar-refractivity contribution >= 4 is 5.97 Å². The van der Waals surface area contributed by atoms with Crippen LogP contribution in [0, 0.1) is 0 Å². The molecular formula is C15H22N2O3. The second-order valence-corrected chi connectivity index (χ2v) is 5.80. The molecule has 0 saturated heterocycles. The van der Waals surface area contributed by atoms with E-state index in [1.807, 2.05) is 11.6 Å². The van der Waals surface area contributed by atoms with E-state index in [0.29, 0.717) is 18.1 Å². The zero-order chi connectivity index (χ0) is 14.1. The van der Waals surface area contributed by atoms with Gasteiger partial charge in [0.15, 0.2) is 0 Å². The van der Waals surface area contributed by atoms with Crippen LogP contribution in [0.2, 0.25) is 0 Å². The lowest BCUT2D eigenvalue weighted by atomic mass is 9.92. The fraction of sp³-hybridized carbons (Fsp3) is 0.733. The van der Waals surface area contributed by atoms with Gasteiger partial charge < -0.3 is 9.84 Å². The van der Waals surface area contributed by atoms with Crippen molar-refractivity contribution in [2.75, 3.05) is 6.61 Å². The number of aliphatic hydroxyl groups excluding tert-OH is 1. The molecule has 0 aliphatic heterocycles. The molecule has 0 aromatic carbocycles. The number of aliphatic hydroxyl groups is 1. The number of hydrogen-bond donors (Lipinski definition) is 1. The molecule has 1 aromatic rings. The van der Waals surface area contributed by atoms with Gasteiger partial charge in [-0.15, -0.1) is 0 Å². The highest BCUT2D eigenvalue weighted by molar-refractivity contribution is 5.90. The number of ether oxygens (including phenoxy) is 1. The summed E-state index contributed by atoms with van der Waals surface area (Å²) in [6, 6.07) is 0.0162. The van der Waals surface area contributed by atoms with Crippen LogP contribution in [0.4, 0.5) is 0 Å². The standard InChI is InChI=1S/C15H22N2O3/c1-2-20-15(19)11-9-16-17(14(11)10-7-8-10)12-5-3-4-6-13(12)18/h9-10,12-13,18H,2-8H2,1H3. The van der Waals surface area contributed by atoms with Gasteiger partial charge in [-0.2, -0.15) is 5.10 Å². The van der Waals surface area contributed by atoms with Crippen molar-refractivity contribution in [2.45, 2.75) is 63.5 Å². The van der Waals surface area contributed by atoms with E-state index in [4.69, 9.17) is 4.74 Å². The van der Waals surface area contributed by atoms with Crippen molar-refractivity contribution in [1.29, 1.82) is 0 Å². The molecule has 2 unspecified atom stereocenters. The molecule has 110 valence electrons. The summed E-state index contributed by atoms with van der Waals surface area (Å²) < 4.78 is 7.03. The number of hydrogen-bond acceptors (Lipinski definition) is 4. The second-order valence-electron chi connectivity index (χ2n) is 5.80. The van der Waals surface area contributed by atoms with Gasteiger partial charge in [0, 0.05) is 5.92 Å². The van der Waals surface area contributed by atoms with E-state index in [0.717, 1.165) is 44.2 Å². The van der Waals surface area contributed by atoms with Gasteiger partial charge in [0.2, 0.25) is 0 Å². The Bertz CT molecular complexity index is 493. The first kappa shape index (κ1) is 13.6. The molecule has 0 amide bonds. The Kier molecular flexibility index (Phi) is 3.78. The Morgan fingerprint density at radius 3 is 2.80 bits per heavy atom. The lowest BCUT2D eigenvalue weighted by Crippen LogP contribution is -2.29. The highest BCUT2D eigenvalue weighted by atomic mass is 16.5. The zero-order valence-electron chi connectivity index (χ0n) is 11.9. The molecular weight excluding hydrogens is 256 g/mol. The fourth-order valence-electron chi connectivity index (χ4n) is 3.14. The first-order valence-electron chi connectivity index (χ1n) is 7.65. The summed E-state index contributed by atoms with van der Waals surface area (Å²) in [7, 11) is 0. The van der Waals surface area contributed by atoms with Crippen LogP contribution in [0.15, 0.2) is 6.20 Å². The third kappa shape index (κ3) is 2.46. The number of esters is 1. The van der Waals surface area contributed by atoms with Crippen molar-refractivity contribution in [2.24, 2.45) is 0 Å². The van der Waals surface area contributed by atoms with Gasteiger partial charge >= 0.3 is 5.97 Å². The van der Waals surface area contributed by atoms with Gasteiger partial charge in [-0.1, -0.05) is 12.8 Å². The Hall–Kier alpha value is -1.36. The van der Waals surface area contributed by atoms with E-state index in [9.17, 15) is 9.90 Å². The SMILES string of the molecule is CCOC(=O)c1cnn(C2CCCCC2O)c1C1CC1. The Morgan fingerprint density at radius 2 is 2.15 bits per heavy atom. The Labute approximate surface area is 118 Å². The molecule has 0 spiro atoms. The molecule has 2 saturated carbocycles. The second kappa shape index (κ2) is 5.56. The Morgan fingerprint density at radius 1 is 1.40 bits per heavy atom. The summed E-state index contributed by atoms with van der Waals surface area (Å²) in [6.07, 6.45) is 7.41. The summed E-state index contributed by atoms with van der Waals surface area (Å²) >= 11 is 0. The van der Waals surface area contributed by atoms with Crippen LogP contribution in [-0.4, -0.2) is 33.6 Å². The van der Waals surface area contributed by atoms with Crippen molar-refractivity contribution in [1.82, 2.24) is 9.78 Å². The van der Waals surface area contributed by atoms with Crippen molar-refractivity contribution in [3.05, 3.63) is 17.5 Å². The van der Waals surface area contributed by atoms with E-state index < -0.39 is 0 Å². The minimum atomic E-state index is -0.351. The van der Waals surface area contributed by atoms with E-state index in [1.165, 1.54) is 0 Å². The summed E-state index contributed by atoms with van der Waals surface area (Å²) in [4.78, 5) is 12.0. The molecule has 0 bridgehead atoms. The third-order valence-corrected chi connectivity index (χ3v) is 4.30. The van der Waals surface area contributed by atoms with Gasteiger partial charge in [0.1, 0.15) is 5.56 Å². The lowest BCUT2D eigenvalue weighted by molar-refractivity contribution is 0.0520. The molecule has 5 heteroatoms. The summed E-state index contributed by atoms with van der Waals surface area (Å²) in [5.41, 5.74) is 1.57. The highest BCUT2D eigenvalue weighted by Crippen LogP contribution is 2.44. The molecule has 0 radical (unpaired) electrons. The number of nitrogens with zero attached hydrogens (tertiary/aromatic N) is 2. The van der Waals surface area contributed by atoms with Crippen LogP contribution in [0.1, 0.15) is 73.5 Å². The van der Waals surface area contributed by atoms with E-state index in [2.05, 4.69) is 5.10 Å². The van der Waals surface area contributed by atoms with Crippen LogP contribution in [0.25, 0.3) is 0 Å². The van der Waals surface area contributed by atoms with Crippen LogP contribution >= 0.6 is 0 Å². The molecule has 2 aliphatic rings. The van der Waals surface area contributed by atoms with Crippen molar-refractivity contribution < 1.29 is 14.6 Å². The first-order valence-corrected chi connectivity index (χ1v) is 7.65. The van der Waals surface area contributed by atoms with Gasteiger partial charge in [-0.3, -0.25) is 4.68 Å². The molecule has 2 atom stereocenters. The fourth-order valence-corrected chi connectivity index (χ4v) is 3.14. The number of aromatic nitrogens is 2. The molecule has 2 fully saturated rings. The van der Waals surface area contributed by atoms with Crippen molar-refractivity contribution in [3.63, 3.8) is 0 Å². The maximum atomic E-state index is 12.0. The smallest absolute Gasteiger partial charge is 0.341 e. The van der Waals surface area contributed by atoms with Gasteiger partial charge in [-0.25, -0.2) is 4.79 Å². The monoisotopic (exact) mass is 278 g/mol.